The molecule has 0 unspecified atom stereocenters. The van der Waals surface area contributed by atoms with Gasteiger partial charge in [0.25, 0.3) is 0 Å². The summed E-state index contributed by atoms with van der Waals surface area (Å²) in [4.78, 5) is 0. The molecule has 0 heterocycles. The first-order valence-electron chi connectivity index (χ1n) is 7.22. The molecule has 0 aliphatic rings. The van der Waals surface area contributed by atoms with Crippen molar-refractivity contribution in [1.82, 2.24) is 5.32 Å². The number of benzene rings is 1. The van der Waals surface area contributed by atoms with Crippen LogP contribution < -0.4 is 5.32 Å². The summed E-state index contributed by atoms with van der Waals surface area (Å²) >= 11 is 3.53. The van der Waals surface area contributed by atoms with E-state index in [-0.39, 0.29) is 0 Å². The molecular formula is C16H26BrNO. The van der Waals surface area contributed by atoms with Gasteiger partial charge in [0.1, 0.15) is 0 Å². The van der Waals surface area contributed by atoms with E-state index in [1.165, 1.54) is 18.4 Å². The molecule has 0 aliphatic carbocycles. The number of rotatable bonds is 10. The van der Waals surface area contributed by atoms with Crippen molar-refractivity contribution in [2.45, 2.75) is 39.7 Å². The van der Waals surface area contributed by atoms with Crippen molar-refractivity contribution in [3.05, 3.63) is 34.3 Å². The summed E-state index contributed by atoms with van der Waals surface area (Å²) in [5, 5.41) is 3.46. The fourth-order valence-electron chi connectivity index (χ4n) is 1.82. The van der Waals surface area contributed by atoms with Gasteiger partial charge in [-0.05, 0) is 49.9 Å². The summed E-state index contributed by atoms with van der Waals surface area (Å²) in [6, 6.07) is 8.22. The second-order valence-corrected chi connectivity index (χ2v) is 6.16. The van der Waals surface area contributed by atoms with Crippen LogP contribution in [0.15, 0.2) is 28.7 Å². The minimum Gasteiger partial charge on any atom is -0.377 e. The van der Waals surface area contributed by atoms with Crippen molar-refractivity contribution in [1.29, 1.82) is 0 Å². The number of halogens is 1. The van der Waals surface area contributed by atoms with Crippen molar-refractivity contribution >= 4 is 15.9 Å². The SMILES string of the molecule is CC(C)CNCCCCCOCc1ccccc1Br. The Balaban J connectivity index is 1.93. The Labute approximate surface area is 126 Å². The highest BCUT2D eigenvalue weighted by molar-refractivity contribution is 9.10. The highest BCUT2D eigenvalue weighted by Crippen LogP contribution is 2.16. The maximum Gasteiger partial charge on any atom is 0.0727 e. The molecule has 0 atom stereocenters. The van der Waals surface area contributed by atoms with Crippen LogP contribution in [0.2, 0.25) is 0 Å². The smallest absolute Gasteiger partial charge is 0.0727 e. The van der Waals surface area contributed by atoms with E-state index in [0.29, 0.717) is 6.61 Å². The molecule has 0 saturated heterocycles. The van der Waals surface area contributed by atoms with Gasteiger partial charge in [-0.25, -0.2) is 0 Å². The Hall–Kier alpha value is -0.380. The van der Waals surface area contributed by atoms with Gasteiger partial charge in [-0.3, -0.25) is 0 Å². The molecule has 0 radical (unpaired) electrons. The molecule has 0 bridgehead atoms. The summed E-state index contributed by atoms with van der Waals surface area (Å²) < 4.78 is 6.83. The number of nitrogens with one attached hydrogen (secondary N) is 1. The van der Waals surface area contributed by atoms with E-state index in [2.05, 4.69) is 47.2 Å². The predicted octanol–water partition coefficient (Wildman–Crippen LogP) is 4.38. The van der Waals surface area contributed by atoms with Crippen LogP contribution in [0.3, 0.4) is 0 Å². The van der Waals surface area contributed by atoms with E-state index in [4.69, 9.17) is 4.74 Å². The molecule has 0 aliphatic heterocycles. The van der Waals surface area contributed by atoms with E-state index in [9.17, 15) is 0 Å². The normalized spacial score (nSPS) is 11.2. The molecule has 1 rings (SSSR count). The van der Waals surface area contributed by atoms with Gasteiger partial charge in [0.15, 0.2) is 0 Å². The second-order valence-electron chi connectivity index (χ2n) is 5.30. The third kappa shape index (κ3) is 8.40. The Morgan fingerprint density at radius 1 is 1.16 bits per heavy atom. The lowest BCUT2D eigenvalue weighted by atomic mass is 10.2. The van der Waals surface area contributed by atoms with E-state index in [1.54, 1.807) is 0 Å². The van der Waals surface area contributed by atoms with E-state index in [0.717, 1.165) is 36.5 Å². The van der Waals surface area contributed by atoms with Gasteiger partial charge in [0.05, 0.1) is 6.61 Å². The maximum atomic E-state index is 5.69. The first-order valence-corrected chi connectivity index (χ1v) is 8.01. The summed E-state index contributed by atoms with van der Waals surface area (Å²) in [6.07, 6.45) is 3.62. The zero-order valence-electron chi connectivity index (χ0n) is 12.1. The van der Waals surface area contributed by atoms with Crippen molar-refractivity contribution < 1.29 is 4.74 Å². The van der Waals surface area contributed by atoms with E-state index in [1.807, 2.05) is 12.1 Å². The van der Waals surface area contributed by atoms with Crippen LogP contribution in [0.25, 0.3) is 0 Å². The van der Waals surface area contributed by atoms with Crippen LogP contribution in [-0.4, -0.2) is 19.7 Å². The second kappa shape index (κ2) is 10.4. The molecule has 0 saturated carbocycles. The van der Waals surface area contributed by atoms with Crippen molar-refractivity contribution in [2.75, 3.05) is 19.7 Å². The van der Waals surface area contributed by atoms with Crippen LogP contribution in [-0.2, 0) is 11.3 Å². The summed E-state index contributed by atoms with van der Waals surface area (Å²) in [5.74, 6) is 0.743. The van der Waals surface area contributed by atoms with Crippen LogP contribution in [0.5, 0.6) is 0 Å². The molecule has 19 heavy (non-hydrogen) atoms. The average Bonchev–Trinajstić information content (AvgIpc) is 2.38. The van der Waals surface area contributed by atoms with Crippen LogP contribution in [0, 0.1) is 5.92 Å². The minimum atomic E-state index is 0.701. The van der Waals surface area contributed by atoms with Crippen LogP contribution in [0.4, 0.5) is 0 Å². The third-order valence-corrected chi connectivity index (χ3v) is 3.68. The molecule has 108 valence electrons. The van der Waals surface area contributed by atoms with Gasteiger partial charge in [-0.15, -0.1) is 0 Å². The number of ether oxygens (including phenoxy) is 1. The van der Waals surface area contributed by atoms with Gasteiger partial charge in [0, 0.05) is 11.1 Å². The molecule has 0 amide bonds. The summed E-state index contributed by atoms with van der Waals surface area (Å²) in [7, 11) is 0. The molecule has 1 aromatic carbocycles. The Kier molecular flexibility index (Phi) is 9.14. The lowest BCUT2D eigenvalue weighted by Crippen LogP contribution is -2.20. The standard InChI is InChI=1S/C16H26BrNO/c1-14(2)12-18-10-6-3-7-11-19-13-15-8-4-5-9-16(15)17/h4-5,8-9,14,18H,3,6-7,10-13H2,1-2H3. The topological polar surface area (TPSA) is 21.3 Å². The third-order valence-electron chi connectivity index (χ3n) is 2.91. The Morgan fingerprint density at radius 2 is 1.95 bits per heavy atom. The van der Waals surface area contributed by atoms with Gasteiger partial charge < -0.3 is 10.1 Å². The van der Waals surface area contributed by atoms with Crippen molar-refractivity contribution in [2.24, 2.45) is 5.92 Å². The van der Waals surface area contributed by atoms with Crippen LogP contribution in [0.1, 0.15) is 38.7 Å². The Morgan fingerprint density at radius 3 is 2.68 bits per heavy atom. The molecule has 3 heteroatoms. The Bertz CT molecular complexity index is 341. The zero-order chi connectivity index (χ0) is 13.9. The van der Waals surface area contributed by atoms with E-state index >= 15 is 0 Å². The zero-order valence-corrected chi connectivity index (χ0v) is 13.7. The molecule has 0 spiro atoms. The fourth-order valence-corrected chi connectivity index (χ4v) is 2.22. The molecule has 0 fully saturated rings. The lowest BCUT2D eigenvalue weighted by Gasteiger charge is -2.08. The van der Waals surface area contributed by atoms with Gasteiger partial charge >= 0.3 is 0 Å². The monoisotopic (exact) mass is 327 g/mol. The summed E-state index contributed by atoms with van der Waals surface area (Å²) in [5.41, 5.74) is 1.22. The predicted molar refractivity (Wildman–Crippen MR) is 85.4 cm³/mol. The van der Waals surface area contributed by atoms with E-state index < -0.39 is 0 Å². The van der Waals surface area contributed by atoms with Gasteiger partial charge in [-0.1, -0.05) is 48.0 Å². The molecular weight excluding hydrogens is 302 g/mol. The highest BCUT2D eigenvalue weighted by Gasteiger charge is 1.98. The molecule has 1 N–H and O–H groups in total. The fraction of sp³-hybridized carbons (Fsp3) is 0.625. The number of hydrogen-bond donors (Lipinski definition) is 1. The van der Waals surface area contributed by atoms with Gasteiger partial charge in [-0.2, -0.15) is 0 Å². The summed E-state index contributed by atoms with van der Waals surface area (Å²) in [6.45, 7) is 8.28. The molecule has 1 aromatic rings. The minimum absolute atomic E-state index is 0.701. The first-order chi connectivity index (χ1) is 9.20. The molecule has 0 aromatic heterocycles. The number of hydrogen-bond acceptors (Lipinski definition) is 2. The lowest BCUT2D eigenvalue weighted by molar-refractivity contribution is 0.116. The van der Waals surface area contributed by atoms with Crippen molar-refractivity contribution in [3.8, 4) is 0 Å². The quantitative estimate of drug-likeness (QED) is 0.644. The highest BCUT2D eigenvalue weighted by atomic mass is 79.9. The largest absolute Gasteiger partial charge is 0.377 e. The molecule has 2 nitrogen and oxygen atoms in total. The average molecular weight is 328 g/mol. The van der Waals surface area contributed by atoms with Gasteiger partial charge in [0.2, 0.25) is 0 Å². The first kappa shape index (κ1) is 16.7. The van der Waals surface area contributed by atoms with Crippen molar-refractivity contribution in [3.63, 3.8) is 0 Å². The van der Waals surface area contributed by atoms with Crippen LogP contribution >= 0.6 is 15.9 Å². The number of unbranched alkanes of at least 4 members (excludes halogenated alkanes) is 2. The maximum absolute atomic E-state index is 5.69.